The van der Waals surface area contributed by atoms with Gasteiger partial charge in [0.2, 0.25) is 0 Å². The van der Waals surface area contributed by atoms with Gasteiger partial charge in [0.15, 0.2) is 0 Å². The Hall–Kier alpha value is -4.29. The van der Waals surface area contributed by atoms with Crippen molar-refractivity contribution in [2.24, 2.45) is 0 Å². The molecule has 12 nitrogen and oxygen atoms in total. The van der Waals surface area contributed by atoms with E-state index in [9.17, 15) is 24.0 Å². The molecule has 12 heteroatoms. The van der Waals surface area contributed by atoms with Gasteiger partial charge in [0.1, 0.15) is 0 Å². The Morgan fingerprint density at radius 2 is 1.05 bits per heavy atom. The Labute approximate surface area is 218 Å². The molecule has 1 saturated heterocycles. The predicted molar refractivity (Wildman–Crippen MR) is 134 cm³/mol. The molecule has 0 atom stereocenters. The zero-order valence-electron chi connectivity index (χ0n) is 20.6. The van der Waals surface area contributed by atoms with Gasteiger partial charge in [-0.2, -0.15) is 0 Å². The van der Waals surface area contributed by atoms with Crippen LogP contribution in [0.25, 0.3) is 0 Å². The summed E-state index contributed by atoms with van der Waals surface area (Å²) in [6.45, 7) is 1.03. The quantitative estimate of drug-likeness (QED) is 0.222. The highest BCUT2D eigenvalue weighted by Crippen LogP contribution is 2.07. The summed E-state index contributed by atoms with van der Waals surface area (Å²) in [6.07, 6.45) is 5.27. The molecule has 1 heterocycles. The number of esters is 1. The van der Waals surface area contributed by atoms with E-state index < -0.39 is 23.9 Å². The first-order chi connectivity index (χ1) is 18.0. The lowest BCUT2D eigenvalue weighted by Crippen LogP contribution is -2.01. The van der Waals surface area contributed by atoms with Crippen LogP contribution in [-0.4, -0.2) is 80.3 Å². The molecular formula is C26H32O12. The largest absolute Gasteiger partial charge is 0.478 e. The normalized spacial score (nSPS) is 11.9. The average Bonchev–Trinajstić information content (AvgIpc) is 3.16. The highest BCUT2D eigenvalue weighted by molar-refractivity contribution is 5.93. The van der Waals surface area contributed by atoms with E-state index in [4.69, 9.17) is 35.4 Å². The van der Waals surface area contributed by atoms with Crippen molar-refractivity contribution in [1.82, 2.24) is 0 Å². The van der Waals surface area contributed by atoms with Crippen LogP contribution in [0.1, 0.15) is 80.0 Å². The number of aliphatic hydroxyl groups is 2. The molecule has 0 bridgehead atoms. The zero-order valence-corrected chi connectivity index (χ0v) is 20.6. The maximum Gasteiger partial charge on any atom is 0.335 e. The smallest absolute Gasteiger partial charge is 0.335 e. The minimum absolute atomic E-state index is 0.0186. The third-order valence-electron chi connectivity index (χ3n) is 4.59. The van der Waals surface area contributed by atoms with Crippen molar-refractivity contribution in [2.45, 2.75) is 38.5 Å². The summed E-state index contributed by atoms with van der Waals surface area (Å²) in [5.74, 6) is -4.41. The number of carboxylic acids is 4. The van der Waals surface area contributed by atoms with E-state index in [1.54, 1.807) is 0 Å². The number of carboxylic acid groups (broad SMARTS) is 4. The van der Waals surface area contributed by atoms with Gasteiger partial charge in [-0.05, 0) is 74.6 Å². The number of hydrogen-bond acceptors (Lipinski definition) is 8. The molecule has 208 valence electrons. The fourth-order valence-electron chi connectivity index (χ4n) is 2.57. The van der Waals surface area contributed by atoms with Crippen LogP contribution >= 0.6 is 0 Å². The monoisotopic (exact) mass is 536 g/mol. The van der Waals surface area contributed by atoms with Gasteiger partial charge in [-0.3, -0.25) is 4.79 Å². The van der Waals surface area contributed by atoms with Crippen molar-refractivity contribution in [3.63, 3.8) is 0 Å². The number of rotatable bonds is 7. The van der Waals surface area contributed by atoms with E-state index in [2.05, 4.69) is 0 Å². The molecule has 0 aliphatic carbocycles. The first-order valence-electron chi connectivity index (χ1n) is 11.5. The van der Waals surface area contributed by atoms with Gasteiger partial charge in [-0.1, -0.05) is 6.07 Å². The van der Waals surface area contributed by atoms with Gasteiger partial charge in [0.25, 0.3) is 0 Å². The van der Waals surface area contributed by atoms with E-state index in [0.29, 0.717) is 13.0 Å². The molecule has 0 unspecified atom stereocenters. The van der Waals surface area contributed by atoms with Crippen LogP contribution in [0.5, 0.6) is 0 Å². The maximum absolute atomic E-state index is 10.5. The molecule has 0 amide bonds. The number of carbonyl (C=O) groups excluding carboxylic acids is 1. The lowest BCUT2D eigenvalue weighted by Gasteiger charge is -1.95. The maximum atomic E-state index is 10.5. The first kappa shape index (κ1) is 33.7. The molecule has 2 aromatic carbocycles. The number of aliphatic hydroxyl groups excluding tert-OH is 2. The topological polar surface area (TPSA) is 216 Å². The lowest BCUT2D eigenvalue weighted by atomic mass is 10.1. The fourth-order valence-corrected chi connectivity index (χ4v) is 2.57. The Bertz CT molecular complexity index is 955. The summed E-state index contributed by atoms with van der Waals surface area (Å²) >= 11 is 0. The van der Waals surface area contributed by atoms with Gasteiger partial charge in [0.05, 0.1) is 28.9 Å². The summed E-state index contributed by atoms with van der Waals surface area (Å²) < 4.78 is 4.76. The number of unbranched alkanes of at least 4 members (excludes halogenated alkanes) is 1. The molecule has 2 aromatic rings. The van der Waals surface area contributed by atoms with Crippen molar-refractivity contribution >= 4 is 29.8 Å². The van der Waals surface area contributed by atoms with E-state index in [-0.39, 0.29) is 41.4 Å². The van der Waals surface area contributed by atoms with Crippen LogP contribution in [-0.2, 0) is 9.53 Å². The molecule has 1 aliphatic rings. The minimum atomic E-state index is -1.13. The number of benzene rings is 2. The summed E-state index contributed by atoms with van der Waals surface area (Å²) in [7, 11) is 0. The highest BCUT2D eigenvalue weighted by Gasteiger charge is 2.07. The van der Waals surface area contributed by atoms with Gasteiger partial charge in [-0.15, -0.1) is 0 Å². The third-order valence-corrected chi connectivity index (χ3v) is 4.59. The van der Waals surface area contributed by atoms with Gasteiger partial charge >= 0.3 is 29.8 Å². The van der Waals surface area contributed by atoms with E-state index in [0.717, 1.165) is 38.2 Å². The lowest BCUT2D eigenvalue weighted by molar-refractivity contribution is -0.142. The Morgan fingerprint density at radius 3 is 1.42 bits per heavy atom. The molecule has 0 saturated carbocycles. The average molecular weight is 537 g/mol. The highest BCUT2D eigenvalue weighted by atomic mass is 16.5. The standard InChI is InChI=1S/2C8H6O4.C6H10O2.C4H10O2/c9-7(10)5-1-2-6(4-3-5)8(11)12;9-7(10)5-2-1-3-6(4-5)8(11)12;7-6-4-2-1-3-5-8-6;5-3-1-2-4-6/h2*1-4H,(H,9,10)(H,11,12);1-5H2;5-6H,1-4H2. The number of cyclic esters (lactones) is 1. The summed E-state index contributed by atoms with van der Waals surface area (Å²) in [5.41, 5.74) is 0.129. The van der Waals surface area contributed by atoms with Crippen molar-refractivity contribution < 1.29 is 59.3 Å². The fraction of sp³-hybridized carbons (Fsp3) is 0.346. The molecular weight excluding hydrogens is 504 g/mol. The number of aromatic carboxylic acids is 4. The van der Waals surface area contributed by atoms with Crippen molar-refractivity contribution in [3.05, 3.63) is 70.8 Å². The van der Waals surface area contributed by atoms with Crippen LogP contribution < -0.4 is 0 Å². The minimum Gasteiger partial charge on any atom is -0.478 e. The summed E-state index contributed by atoms with van der Waals surface area (Å²) in [6, 6.07) is 10.2. The van der Waals surface area contributed by atoms with Crippen LogP contribution in [0.3, 0.4) is 0 Å². The van der Waals surface area contributed by atoms with Crippen LogP contribution in [0, 0.1) is 0 Å². The van der Waals surface area contributed by atoms with E-state index in [1.807, 2.05) is 0 Å². The van der Waals surface area contributed by atoms with Gasteiger partial charge < -0.3 is 35.4 Å². The molecule has 3 rings (SSSR count). The van der Waals surface area contributed by atoms with Crippen molar-refractivity contribution in [3.8, 4) is 0 Å². The molecule has 0 spiro atoms. The summed E-state index contributed by atoms with van der Waals surface area (Å²) in [4.78, 5) is 51.9. The summed E-state index contributed by atoms with van der Waals surface area (Å²) in [5, 5.41) is 50.1. The molecule has 0 aromatic heterocycles. The second-order valence-corrected chi connectivity index (χ2v) is 7.56. The first-order valence-corrected chi connectivity index (χ1v) is 11.5. The third kappa shape index (κ3) is 15.7. The van der Waals surface area contributed by atoms with Crippen LogP contribution in [0.2, 0.25) is 0 Å². The van der Waals surface area contributed by atoms with Crippen molar-refractivity contribution in [2.75, 3.05) is 19.8 Å². The predicted octanol–water partition coefficient (Wildman–Crippen LogP) is 3.02. The van der Waals surface area contributed by atoms with E-state index >= 15 is 0 Å². The van der Waals surface area contributed by atoms with Crippen LogP contribution in [0.15, 0.2) is 48.5 Å². The molecule has 38 heavy (non-hydrogen) atoms. The Morgan fingerprint density at radius 1 is 0.632 bits per heavy atom. The van der Waals surface area contributed by atoms with Crippen molar-refractivity contribution in [1.29, 1.82) is 0 Å². The zero-order chi connectivity index (χ0) is 28.9. The molecule has 6 N–H and O–H groups in total. The molecule has 1 aliphatic heterocycles. The van der Waals surface area contributed by atoms with Gasteiger partial charge in [-0.25, -0.2) is 19.2 Å². The van der Waals surface area contributed by atoms with Gasteiger partial charge in [0, 0.05) is 19.6 Å². The Balaban J connectivity index is 0.000000498. The van der Waals surface area contributed by atoms with Crippen LogP contribution in [0.4, 0.5) is 0 Å². The number of carbonyl (C=O) groups is 5. The Kier molecular flexibility index (Phi) is 17.6. The number of hydrogen-bond donors (Lipinski definition) is 6. The number of ether oxygens (including phenoxy) is 1. The SMILES string of the molecule is O=C(O)c1ccc(C(=O)O)cc1.O=C(O)c1cccc(C(=O)O)c1.O=C1CCCCCO1.OCCCCO. The molecule has 1 fully saturated rings. The van der Waals surface area contributed by atoms with E-state index in [1.165, 1.54) is 42.5 Å². The molecule has 0 radical (unpaired) electrons. The second-order valence-electron chi connectivity index (χ2n) is 7.56. The second kappa shape index (κ2) is 19.8.